The molecule has 0 saturated carbocycles. The number of amides is 1. The largest absolute Gasteiger partial charge is 0.330 e. The Bertz CT molecular complexity index is 1000. The maximum atomic E-state index is 13.6. The summed E-state index contributed by atoms with van der Waals surface area (Å²) >= 11 is 6.91. The van der Waals surface area contributed by atoms with Crippen LogP contribution >= 0.6 is 31.9 Å². The van der Waals surface area contributed by atoms with E-state index >= 15 is 0 Å². The van der Waals surface area contributed by atoms with Crippen LogP contribution in [0, 0.1) is 5.82 Å². The van der Waals surface area contributed by atoms with Crippen molar-refractivity contribution in [2.24, 2.45) is 0 Å². The van der Waals surface area contributed by atoms with E-state index in [2.05, 4.69) is 37.0 Å². The van der Waals surface area contributed by atoms with Crippen LogP contribution in [0.1, 0.15) is 34.6 Å². The number of halogens is 3. The SMILES string of the molecule is CC1c2cc(F)ccc2CCN1C(=O)c1cc2c(Br)cc(Br)cn2n1. The molecule has 128 valence electrons. The average Bonchev–Trinajstić information content (AvgIpc) is 2.99. The standard InChI is InChI=1S/C18H14Br2FN3O/c1-10-14-7-13(21)3-2-11(14)4-5-23(10)18(25)16-8-17-15(20)6-12(19)9-24(17)22-16/h2-3,6-10H,4-5H2,1H3. The third-order valence-corrected chi connectivity index (χ3v) is 5.69. The van der Waals surface area contributed by atoms with Crippen LogP contribution in [0.3, 0.4) is 0 Å². The number of carbonyl (C=O) groups excluding carboxylic acids is 1. The Hall–Kier alpha value is -1.73. The quantitative estimate of drug-likeness (QED) is 0.518. The molecule has 0 saturated heterocycles. The smallest absolute Gasteiger partial charge is 0.274 e. The first-order chi connectivity index (χ1) is 11.9. The van der Waals surface area contributed by atoms with E-state index in [9.17, 15) is 9.18 Å². The van der Waals surface area contributed by atoms with Gasteiger partial charge in [0, 0.05) is 21.7 Å². The lowest BCUT2D eigenvalue weighted by Crippen LogP contribution is -2.39. The molecule has 1 atom stereocenters. The minimum Gasteiger partial charge on any atom is -0.330 e. The molecule has 1 aliphatic rings. The van der Waals surface area contributed by atoms with Crippen molar-refractivity contribution < 1.29 is 9.18 Å². The van der Waals surface area contributed by atoms with E-state index in [-0.39, 0.29) is 17.8 Å². The molecule has 0 radical (unpaired) electrons. The second-order valence-electron chi connectivity index (χ2n) is 6.13. The number of nitrogens with zero attached hydrogens (tertiary/aromatic N) is 3. The Labute approximate surface area is 160 Å². The third kappa shape index (κ3) is 2.89. The minimum atomic E-state index is -0.276. The van der Waals surface area contributed by atoms with Gasteiger partial charge in [0.05, 0.1) is 11.6 Å². The molecular formula is C18H14Br2FN3O. The van der Waals surface area contributed by atoms with Crippen LogP contribution in [-0.2, 0) is 6.42 Å². The highest BCUT2D eigenvalue weighted by Crippen LogP contribution is 2.31. The van der Waals surface area contributed by atoms with Crippen LogP contribution in [0.5, 0.6) is 0 Å². The molecule has 0 fully saturated rings. The molecule has 2 aromatic heterocycles. The Balaban J connectivity index is 1.71. The summed E-state index contributed by atoms with van der Waals surface area (Å²) in [6, 6.07) is 8.30. The predicted molar refractivity (Wildman–Crippen MR) is 100 cm³/mol. The zero-order valence-electron chi connectivity index (χ0n) is 13.3. The van der Waals surface area contributed by atoms with E-state index in [1.165, 1.54) is 12.1 Å². The number of pyridine rings is 1. The summed E-state index contributed by atoms with van der Waals surface area (Å²) in [6.07, 6.45) is 2.52. The van der Waals surface area contributed by atoms with Crippen LogP contribution in [0.4, 0.5) is 4.39 Å². The van der Waals surface area contributed by atoms with Crippen molar-refractivity contribution in [2.45, 2.75) is 19.4 Å². The monoisotopic (exact) mass is 465 g/mol. The number of hydrogen-bond donors (Lipinski definition) is 0. The zero-order valence-corrected chi connectivity index (χ0v) is 16.5. The molecule has 0 N–H and O–H groups in total. The summed E-state index contributed by atoms with van der Waals surface area (Å²) in [5.41, 5.74) is 3.17. The first-order valence-electron chi connectivity index (χ1n) is 7.88. The van der Waals surface area contributed by atoms with Gasteiger partial charge in [0.1, 0.15) is 5.82 Å². The van der Waals surface area contributed by atoms with Crippen molar-refractivity contribution in [2.75, 3.05) is 6.54 Å². The van der Waals surface area contributed by atoms with E-state index in [0.717, 1.165) is 25.6 Å². The maximum absolute atomic E-state index is 13.6. The molecule has 7 heteroatoms. The first kappa shape index (κ1) is 16.7. The van der Waals surface area contributed by atoms with Crippen molar-refractivity contribution in [3.63, 3.8) is 0 Å². The molecule has 25 heavy (non-hydrogen) atoms. The van der Waals surface area contributed by atoms with Gasteiger partial charge in [0.2, 0.25) is 0 Å². The van der Waals surface area contributed by atoms with E-state index in [1.807, 2.05) is 19.1 Å². The normalized spacial score (nSPS) is 17.0. The Morgan fingerprint density at radius 3 is 2.88 bits per heavy atom. The molecule has 1 aromatic carbocycles. The van der Waals surface area contributed by atoms with Crippen molar-refractivity contribution in [3.8, 4) is 0 Å². The molecule has 1 amide bonds. The van der Waals surface area contributed by atoms with Crippen molar-refractivity contribution in [1.29, 1.82) is 0 Å². The average molecular weight is 467 g/mol. The predicted octanol–water partition coefficient (Wildman–Crippen LogP) is 4.76. The van der Waals surface area contributed by atoms with Gasteiger partial charge < -0.3 is 4.90 Å². The van der Waals surface area contributed by atoms with Crippen LogP contribution < -0.4 is 0 Å². The Morgan fingerprint density at radius 1 is 1.28 bits per heavy atom. The highest BCUT2D eigenvalue weighted by molar-refractivity contribution is 9.11. The van der Waals surface area contributed by atoms with E-state index in [0.29, 0.717) is 18.7 Å². The van der Waals surface area contributed by atoms with Crippen LogP contribution in [0.2, 0.25) is 0 Å². The molecule has 1 aliphatic heterocycles. The molecule has 4 rings (SSSR count). The van der Waals surface area contributed by atoms with Crippen molar-refractivity contribution in [3.05, 3.63) is 68.1 Å². The Morgan fingerprint density at radius 2 is 2.08 bits per heavy atom. The lowest BCUT2D eigenvalue weighted by atomic mass is 9.93. The molecular weight excluding hydrogens is 453 g/mol. The second-order valence-corrected chi connectivity index (χ2v) is 7.90. The number of rotatable bonds is 1. The van der Waals surface area contributed by atoms with Crippen LogP contribution in [-0.4, -0.2) is 27.0 Å². The summed E-state index contributed by atoms with van der Waals surface area (Å²) in [5.74, 6) is -0.421. The highest BCUT2D eigenvalue weighted by Gasteiger charge is 2.30. The van der Waals surface area contributed by atoms with Crippen LogP contribution in [0.25, 0.3) is 5.52 Å². The molecule has 0 aliphatic carbocycles. The van der Waals surface area contributed by atoms with Gasteiger partial charge in [0.25, 0.3) is 5.91 Å². The topological polar surface area (TPSA) is 37.6 Å². The summed E-state index contributed by atoms with van der Waals surface area (Å²) in [6.45, 7) is 2.52. The minimum absolute atomic E-state index is 0.144. The highest BCUT2D eigenvalue weighted by atomic mass is 79.9. The van der Waals surface area contributed by atoms with Gasteiger partial charge in [-0.25, -0.2) is 8.91 Å². The molecule has 3 aromatic rings. The summed E-state index contributed by atoms with van der Waals surface area (Å²) in [4.78, 5) is 14.8. The van der Waals surface area contributed by atoms with Crippen molar-refractivity contribution in [1.82, 2.24) is 14.5 Å². The first-order valence-corrected chi connectivity index (χ1v) is 9.46. The van der Waals surface area contributed by atoms with Gasteiger partial charge in [-0.2, -0.15) is 5.10 Å². The van der Waals surface area contributed by atoms with Crippen molar-refractivity contribution >= 4 is 43.3 Å². The number of benzene rings is 1. The van der Waals surface area contributed by atoms with Gasteiger partial charge in [-0.3, -0.25) is 4.79 Å². The van der Waals surface area contributed by atoms with E-state index < -0.39 is 0 Å². The van der Waals surface area contributed by atoms with Gasteiger partial charge >= 0.3 is 0 Å². The van der Waals surface area contributed by atoms with Gasteiger partial charge in [-0.1, -0.05) is 6.07 Å². The lowest BCUT2D eigenvalue weighted by Gasteiger charge is -2.34. The van der Waals surface area contributed by atoms with Gasteiger partial charge in [0.15, 0.2) is 5.69 Å². The summed E-state index contributed by atoms with van der Waals surface area (Å²) in [5, 5.41) is 4.41. The fourth-order valence-electron chi connectivity index (χ4n) is 3.33. The molecule has 0 bridgehead atoms. The lowest BCUT2D eigenvalue weighted by molar-refractivity contribution is 0.0671. The molecule has 3 heterocycles. The zero-order chi connectivity index (χ0) is 17.7. The number of aromatic nitrogens is 2. The van der Waals surface area contributed by atoms with Crippen LogP contribution in [0.15, 0.2) is 45.5 Å². The molecule has 4 nitrogen and oxygen atoms in total. The number of hydrogen-bond acceptors (Lipinski definition) is 2. The fraction of sp³-hybridized carbons (Fsp3) is 0.222. The number of carbonyl (C=O) groups is 1. The molecule has 1 unspecified atom stereocenters. The van der Waals surface area contributed by atoms with E-state index in [4.69, 9.17) is 0 Å². The summed E-state index contributed by atoms with van der Waals surface area (Å²) in [7, 11) is 0. The third-order valence-electron chi connectivity index (χ3n) is 4.62. The summed E-state index contributed by atoms with van der Waals surface area (Å²) < 4.78 is 17.0. The maximum Gasteiger partial charge on any atom is 0.274 e. The molecule has 0 spiro atoms. The fourth-order valence-corrected chi connectivity index (χ4v) is 4.61. The van der Waals surface area contributed by atoms with Gasteiger partial charge in [-0.15, -0.1) is 0 Å². The van der Waals surface area contributed by atoms with E-state index in [1.54, 1.807) is 21.7 Å². The Kier molecular flexibility index (Phi) is 4.16. The second kappa shape index (κ2) is 6.21. The van der Waals surface area contributed by atoms with Gasteiger partial charge in [-0.05, 0) is 80.6 Å². The number of fused-ring (bicyclic) bond motifs is 2.